The smallest absolute Gasteiger partial charge is 0.313 e. The summed E-state index contributed by atoms with van der Waals surface area (Å²) in [6.07, 6.45) is 5.32. The van der Waals surface area contributed by atoms with E-state index in [1.54, 1.807) is 36.0 Å². The van der Waals surface area contributed by atoms with E-state index in [9.17, 15) is 9.59 Å². The molecule has 0 aliphatic carbocycles. The summed E-state index contributed by atoms with van der Waals surface area (Å²) in [5, 5.41) is 5.33. The zero-order valence-corrected chi connectivity index (χ0v) is 13.0. The second-order valence-electron chi connectivity index (χ2n) is 5.05. The fourth-order valence-electron chi connectivity index (χ4n) is 2.38. The lowest BCUT2D eigenvalue weighted by atomic mass is 10.1. The first-order valence-electron chi connectivity index (χ1n) is 7.07. The fraction of sp³-hybridized carbons (Fsp3) is 0.111. The third-order valence-electron chi connectivity index (χ3n) is 3.50. The van der Waals surface area contributed by atoms with E-state index in [4.69, 9.17) is 6.42 Å². The summed E-state index contributed by atoms with van der Waals surface area (Å²) >= 11 is 1.67. The van der Waals surface area contributed by atoms with Crippen LogP contribution in [-0.2, 0) is 9.59 Å². The first-order chi connectivity index (χ1) is 11.2. The predicted octanol–water partition coefficient (Wildman–Crippen LogP) is 2.57. The number of benzene rings is 2. The number of terminal acetylenes is 1. The highest BCUT2D eigenvalue weighted by molar-refractivity contribution is 7.99. The number of thioether (sulfide) groups is 1. The van der Waals surface area contributed by atoms with Crippen LogP contribution in [0.2, 0.25) is 0 Å². The Labute approximate surface area is 138 Å². The predicted molar refractivity (Wildman–Crippen MR) is 91.1 cm³/mol. The molecule has 0 saturated carbocycles. The highest BCUT2D eigenvalue weighted by Crippen LogP contribution is 2.37. The second-order valence-corrected chi connectivity index (χ2v) is 6.12. The average molecular weight is 322 g/mol. The van der Waals surface area contributed by atoms with Crippen LogP contribution in [0, 0.1) is 12.3 Å². The van der Waals surface area contributed by atoms with Crippen LogP contribution in [0.25, 0.3) is 0 Å². The van der Waals surface area contributed by atoms with Gasteiger partial charge in [-0.3, -0.25) is 9.59 Å². The third-order valence-corrected chi connectivity index (χ3v) is 4.68. The Bertz CT molecular complexity index is 811. The molecule has 1 atom stereocenters. The molecule has 0 aromatic heterocycles. The molecule has 1 aliphatic heterocycles. The van der Waals surface area contributed by atoms with E-state index in [1.165, 1.54) is 0 Å². The normalized spacial score (nSPS) is 15.3. The molecule has 23 heavy (non-hydrogen) atoms. The molecule has 5 heteroatoms. The van der Waals surface area contributed by atoms with Gasteiger partial charge in [0.15, 0.2) is 0 Å². The van der Waals surface area contributed by atoms with Gasteiger partial charge >= 0.3 is 11.8 Å². The Morgan fingerprint density at radius 1 is 1.13 bits per heavy atom. The summed E-state index contributed by atoms with van der Waals surface area (Å²) in [6, 6.07) is 14.5. The van der Waals surface area contributed by atoms with Crippen molar-refractivity contribution >= 4 is 29.3 Å². The van der Waals surface area contributed by atoms with Gasteiger partial charge in [0.1, 0.15) is 0 Å². The third kappa shape index (κ3) is 3.38. The largest absolute Gasteiger partial charge is 0.340 e. The molecular formula is C18H14N2O2S. The first kappa shape index (κ1) is 15.2. The van der Waals surface area contributed by atoms with Crippen molar-refractivity contribution in [3.05, 3.63) is 59.7 Å². The molecule has 4 nitrogen and oxygen atoms in total. The number of amides is 2. The van der Waals surface area contributed by atoms with Crippen molar-refractivity contribution < 1.29 is 9.59 Å². The Morgan fingerprint density at radius 2 is 1.96 bits per heavy atom. The van der Waals surface area contributed by atoms with Crippen LogP contribution in [0.1, 0.15) is 17.2 Å². The standard InChI is InChI=1S/C18H14N2O2S/c1-2-12-6-5-7-13(10-12)19-17(21)18(22)20-15-11-23-16-9-4-3-8-14(15)16/h1,3-10,15H,11H2,(H,19,21)(H,20,22). The van der Waals surface area contributed by atoms with Gasteiger partial charge < -0.3 is 10.6 Å². The minimum absolute atomic E-state index is 0.147. The summed E-state index contributed by atoms with van der Waals surface area (Å²) in [7, 11) is 0. The zero-order valence-electron chi connectivity index (χ0n) is 12.2. The summed E-state index contributed by atoms with van der Waals surface area (Å²) in [4.78, 5) is 25.3. The van der Waals surface area contributed by atoms with E-state index >= 15 is 0 Å². The van der Waals surface area contributed by atoms with Crippen LogP contribution >= 0.6 is 11.8 Å². The van der Waals surface area contributed by atoms with Crippen molar-refractivity contribution in [2.75, 3.05) is 11.1 Å². The van der Waals surface area contributed by atoms with Crippen LogP contribution in [0.4, 0.5) is 5.69 Å². The number of fused-ring (bicyclic) bond motifs is 1. The number of hydrogen-bond acceptors (Lipinski definition) is 3. The van der Waals surface area contributed by atoms with Crippen LogP contribution in [0.5, 0.6) is 0 Å². The summed E-state index contributed by atoms with van der Waals surface area (Å²) in [6.45, 7) is 0. The van der Waals surface area contributed by atoms with E-state index in [1.807, 2.05) is 24.3 Å². The lowest BCUT2D eigenvalue weighted by Gasteiger charge is -2.13. The Morgan fingerprint density at radius 3 is 2.78 bits per heavy atom. The number of rotatable bonds is 2. The van der Waals surface area contributed by atoms with E-state index in [-0.39, 0.29) is 6.04 Å². The van der Waals surface area contributed by atoms with Crippen LogP contribution in [0.15, 0.2) is 53.4 Å². The van der Waals surface area contributed by atoms with Crippen molar-refractivity contribution in [2.45, 2.75) is 10.9 Å². The highest BCUT2D eigenvalue weighted by atomic mass is 32.2. The van der Waals surface area contributed by atoms with Gasteiger partial charge in [-0.25, -0.2) is 0 Å². The number of carbonyl (C=O) groups is 2. The maximum absolute atomic E-state index is 12.1. The summed E-state index contributed by atoms with van der Waals surface area (Å²) < 4.78 is 0. The molecule has 1 heterocycles. The van der Waals surface area contributed by atoms with E-state index in [2.05, 4.69) is 16.6 Å². The van der Waals surface area contributed by atoms with Gasteiger partial charge in [-0.05, 0) is 29.8 Å². The number of nitrogens with one attached hydrogen (secondary N) is 2. The molecule has 0 radical (unpaired) electrons. The molecule has 3 rings (SSSR count). The van der Waals surface area contributed by atoms with Gasteiger partial charge in [-0.2, -0.15) is 0 Å². The van der Waals surface area contributed by atoms with E-state index < -0.39 is 11.8 Å². The van der Waals surface area contributed by atoms with Crippen LogP contribution in [-0.4, -0.2) is 17.6 Å². The summed E-state index contributed by atoms with van der Waals surface area (Å²) in [5.74, 6) is 1.86. The Kier molecular flexibility index (Phi) is 4.35. The average Bonchev–Trinajstić information content (AvgIpc) is 2.98. The fourth-order valence-corrected chi connectivity index (χ4v) is 3.54. The minimum Gasteiger partial charge on any atom is -0.340 e. The van der Waals surface area contributed by atoms with Gasteiger partial charge in [0, 0.05) is 21.9 Å². The van der Waals surface area contributed by atoms with Gasteiger partial charge in [-0.15, -0.1) is 18.2 Å². The minimum atomic E-state index is -0.700. The molecule has 0 spiro atoms. The molecule has 114 valence electrons. The van der Waals surface area contributed by atoms with Crippen molar-refractivity contribution in [3.8, 4) is 12.3 Å². The number of hydrogen-bond donors (Lipinski definition) is 2. The molecule has 1 unspecified atom stereocenters. The maximum Gasteiger partial charge on any atom is 0.313 e. The molecule has 2 aromatic rings. The monoisotopic (exact) mass is 322 g/mol. The van der Waals surface area contributed by atoms with Crippen molar-refractivity contribution in [2.24, 2.45) is 0 Å². The Hall–Kier alpha value is -2.71. The molecule has 0 bridgehead atoms. The lowest BCUT2D eigenvalue weighted by Crippen LogP contribution is -2.37. The van der Waals surface area contributed by atoms with E-state index in [0.29, 0.717) is 11.3 Å². The SMILES string of the molecule is C#Cc1cccc(NC(=O)C(=O)NC2CSc3ccccc32)c1. The van der Waals surface area contributed by atoms with Gasteiger partial charge in [0.25, 0.3) is 0 Å². The second kappa shape index (κ2) is 6.59. The Balaban J connectivity index is 1.65. The highest BCUT2D eigenvalue weighted by Gasteiger charge is 2.26. The van der Waals surface area contributed by atoms with Gasteiger partial charge in [0.2, 0.25) is 0 Å². The molecule has 2 aromatic carbocycles. The molecular weight excluding hydrogens is 308 g/mol. The van der Waals surface area contributed by atoms with Crippen LogP contribution < -0.4 is 10.6 Å². The number of carbonyl (C=O) groups excluding carboxylic acids is 2. The van der Waals surface area contributed by atoms with E-state index in [0.717, 1.165) is 16.2 Å². The molecule has 0 saturated heterocycles. The maximum atomic E-state index is 12.1. The molecule has 2 amide bonds. The summed E-state index contributed by atoms with van der Waals surface area (Å²) in [5.41, 5.74) is 2.19. The van der Waals surface area contributed by atoms with Gasteiger partial charge in [-0.1, -0.05) is 30.2 Å². The van der Waals surface area contributed by atoms with Crippen molar-refractivity contribution in [1.29, 1.82) is 0 Å². The van der Waals surface area contributed by atoms with Crippen molar-refractivity contribution in [1.82, 2.24) is 5.32 Å². The molecule has 0 fully saturated rings. The number of anilines is 1. The first-order valence-corrected chi connectivity index (χ1v) is 8.06. The topological polar surface area (TPSA) is 58.2 Å². The lowest BCUT2D eigenvalue weighted by molar-refractivity contribution is -0.136. The molecule has 2 N–H and O–H groups in total. The zero-order chi connectivity index (χ0) is 16.2. The molecule has 1 aliphatic rings. The quantitative estimate of drug-likeness (QED) is 0.660. The van der Waals surface area contributed by atoms with Crippen LogP contribution in [0.3, 0.4) is 0 Å². The van der Waals surface area contributed by atoms with Crippen molar-refractivity contribution in [3.63, 3.8) is 0 Å². The van der Waals surface area contributed by atoms with Gasteiger partial charge in [0.05, 0.1) is 6.04 Å².